The minimum Gasteiger partial charge on any atom is -0.339 e. The van der Waals surface area contributed by atoms with Crippen LogP contribution in [0, 0.1) is 5.82 Å². The number of anilines is 4. The van der Waals surface area contributed by atoms with E-state index < -0.39 is 0 Å². The summed E-state index contributed by atoms with van der Waals surface area (Å²) >= 11 is 0. The van der Waals surface area contributed by atoms with E-state index in [1.165, 1.54) is 17.7 Å². The van der Waals surface area contributed by atoms with Crippen LogP contribution in [0.15, 0.2) is 54.7 Å². The maximum Gasteiger partial charge on any atom is 0.252 e. The van der Waals surface area contributed by atoms with Crippen molar-refractivity contribution in [2.75, 3.05) is 10.2 Å². The molecule has 1 aromatic heterocycles. The van der Waals surface area contributed by atoms with E-state index in [2.05, 4.69) is 44.5 Å². The van der Waals surface area contributed by atoms with Gasteiger partial charge in [0.15, 0.2) is 5.82 Å². The maximum atomic E-state index is 13.0. The summed E-state index contributed by atoms with van der Waals surface area (Å²) in [5, 5.41) is 11.4. The molecule has 1 aliphatic heterocycles. The molecule has 2 heterocycles. The van der Waals surface area contributed by atoms with Gasteiger partial charge in [0.05, 0.1) is 6.20 Å². The van der Waals surface area contributed by atoms with Crippen molar-refractivity contribution >= 4 is 23.1 Å². The van der Waals surface area contributed by atoms with Crippen molar-refractivity contribution in [2.45, 2.75) is 19.4 Å². The second-order valence-corrected chi connectivity index (χ2v) is 5.83. The summed E-state index contributed by atoms with van der Waals surface area (Å²) in [6.07, 6.45) is 2.51. The zero-order chi connectivity index (χ0) is 16.5. The van der Waals surface area contributed by atoms with Crippen LogP contribution >= 0.6 is 0 Å². The Morgan fingerprint density at radius 2 is 1.92 bits per heavy atom. The van der Waals surface area contributed by atoms with Crippen molar-refractivity contribution in [3.8, 4) is 0 Å². The van der Waals surface area contributed by atoms with Crippen molar-refractivity contribution in [1.29, 1.82) is 0 Å². The summed E-state index contributed by atoms with van der Waals surface area (Å²) in [7, 11) is 0. The molecular weight excluding hydrogens is 305 g/mol. The van der Waals surface area contributed by atoms with Crippen molar-refractivity contribution in [3.05, 3.63) is 66.1 Å². The van der Waals surface area contributed by atoms with Gasteiger partial charge in [-0.2, -0.15) is 10.1 Å². The van der Waals surface area contributed by atoms with Gasteiger partial charge in [0.2, 0.25) is 0 Å². The summed E-state index contributed by atoms with van der Waals surface area (Å²) in [6, 6.07) is 14.6. The van der Waals surface area contributed by atoms with Gasteiger partial charge in [0, 0.05) is 17.4 Å². The first-order valence-corrected chi connectivity index (χ1v) is 7.80. The lowest BCUT2D eigenvalue weighted by molar-refractivity contribution is 0.628. The fourth-order valence-electron chi connectivity index (χ4n) is 3.01. The van der Waals surface area contributed by atoms with E-state index in [1.807, 2.05) is 12.1 Å². The molecule has 6 heteroatoms. The van der Waals surface area contributed by atoms with E-state index in [0.717, 1.165) is 17.8 Å². The van der Waals surface area contributed by atoms with Gasteiger partial charge in [-0.15, -0.1) is 5.10 Å². The number of hydrogen-bond donors (Lipinski definition) is 1. The highest BCUT2D eigenvalue weighted by atomic mass is 19.1. The Bertz CT molecular complexity index is 865. The lowest BCUT2D eigenvalue weighted by atomic mass is 10.1. The van der Waals surface area contributed by atoms with Gasteiger partial charge in [-0.3, -0.25) is 0 Å². The molecule has 0 bridgehead atoms. The van der Waals surface area contributed by atoms with E-state index in [0.29, 0.717) is 11.8 Å². The standard InChI is InChI=1S/C18H16FN5/c1-12-10-13-4-2-3-5-16(13)24(12)18-22-17(11-20-23-18)21-15-8-6-14(19)7-9-15/h2-9,11-12H,10H2,1H3,(H,21,22,23). The molecular formula is C18H16FN5. The van der Waals surface area contributed by atoms with Crippen molar-refractivity contribution in [2.24, 2.45) is 0 Å². The van der Waals surface area contributed by atoms with Gasteiger partial charge in [-0.05, 0) is 49.2 Å². The highest BCUT2D eigenvalue weighted by molar-refractivity contribution is 5.67. The largest absolute Gasteiger partial charge is 0.339 e. The number of halogens is 1. The molecule has 4 rings (SSSR count). The normalized spacial score (nSPS) is 16.1. The second-order valence-electron chi connectivity index (χ2n) is 5.83. The van der Waals surface area contributed by atoms with Crippen LogP contribution in [-0.4, -0.2) is 21.2 Å². The fraction of sp³-hybridized carbons (Fsp3) is 0.167. The average Bonchev–Trinajstić information content (AvgIpc) is 2.93. The van der Waals surface area contributed by atoms with Gasteiger partial charge in [-0.25, -0.2) is 4.39 Å². The van der Waals surface area contributed by atoms with Crippen LogP contribution in [-0.2, 0) is 6.42 Å². The molecule has 5 nitrogen and oxygen atoms in total. The summed E-state index contributed by atoms with van der Waals surface area (Å²) in [5.41, 5.74) is 3.15. The topological polar surface area (TPSA) is 53.9 Å². The molecule has 0 aliphatic carbocycles. The molecule has 1 N–H and O–H groups in total. The van der Waals surface area contributed by atoms with Crippen LogP contribution in [0.5, 0.6) is 0 Å². The van der Waals surface area contributed by atoms with E-state index in [4.69, 9.17) is 0 Å². The monoisotopic (exact) mass is 321 g/mol. The third-order valence-electron chi connectivity index (χ3n) is 4.09. The molecule has 1 unspecified atom stereocenters. The zero-order valence-corrected chi connectivity index (χ0v) is 13.1. The number of benzene rings is 2. The van der Waals surface area contributed by atoms with E-state index in [-0.39, 0.29) is 11.9 Å². The number of fused-ring (bicyclic) bond motifs is 1. The van der Waals surface area contributed by atoms with Gasteiger partial charge in [-0.1, -0.05) is 18.2 Å². The highest BCUT2D eigenvalue weighted by Crippen LogP contribution is 2.36. The van der Waals surface area contributed by atoms with Crippen LogP contribution in [0.1, 0.15) is 12.5 Å². The second kappa shape index (κ2) is 5.88. The average molecular weight is 321 g/mol. The molecule has 120 valence electrons. The lowest BCUT2D eigenvalue weighted by Gasteiger charge is -2.22. The Morgan fingerprint density at radius 3 is 2.75 bits per heavy atom. The van der Waals surface area contributed by atoms with Gasteiger partial charge in [0.1, 0.15) is 5.82 Å². The summed E-state index contributed by atoms with van der Waals surface area (Å²) in [5.74, 6) is 0.854. The molecule has 0 spiro atoms. The van der Waals surface area contributed by atoms with E-state index >= 15 is 0 Å². The minimum absolute atomic E-state index is 0.269. The molecule has 24 heavy (non-hydrogen) atoms. The van der Waals surface area contributed by atoms with E-state index in [1.54, 1.807) is 18.3 Å². The third kappa shape index (κ3) is 2.67. The van der Waals surface area contributed by atoms with Crippen molar-refractivity contribution < 1.29 is 4.39 Å². The molecule has 1 atom stereocenters. The SMILES string of the molecule is CC1Cc2ccccc2N1c1nncc(Nc2ccc(F)cc2)n1. The molecule has 0 fully saturated rings. The van der Waals surface area contributed by atoms with Crippen LogP contribution in [0.4, 0.5) is 27.5 Å². The first kappa shape index (κ1) is 14.6. The molecule has 0 saturated carbocycles. The molecule has 1 aliphatic rings. The predicted molar refractivity (Wildman–Crippen MR) is 91.3 cm³/mol. The highest BCUT2D eigenvalue weighted by Gasteiger charge is 2.29. The fourth-order valence-corrected chi connectivity index (χ4v) is 3.01. The summed E-state index contributed by atoms with van der Waals surface area (Å²) < 4.78 is 13.0. The van der Waals surface area contributed by atoms with Crippen LogP contribution in [0.2, 0.25) is 0 Å². The first-order chi connectivity index (χ1) is 11.7. The number of aromatic nitrogens is 3. The van der Waals surface area contributed by atoms with Crippen LogP contribution in [0.3, 0.4) is 0 Å². The van der Waals surface area contributed by atoms with Crippen LogP contribution in [0.25, 0.3) is 0 Å². The Morgan fingerprint density at radius 1 is 1.12 bits per heavy atom. The third-order valence-corrected chi connectivity index (χ3v) is 4.09. The lowest BCUT2D eigenvalue weighted by Crippen LogP contribution is -2.26. The Labute approximate surface area is 139 Å². The van der Waals surface area contributed by atoms with Gasteiger partial charge in [0.25, 0.3) is 5.95 Å². The van der Waals surface area contributed by atoms with Gasteiger partial charge < -0.3 is 10.2 Å². The number of nitrogens with one attached hydrogen (secondary N) is 1. The smallest absolute Gasteiger partial charge is 0.252 e. The molecule has 2 aromatic carbocycles. The Kier molecular flexibility index (Phi) is 3.57. The maximum absolute atomic E-state index is 13.0. The van der Waals surface area contributed by atoms with Crippen molar-refractivity contribution in [3.63, 3.8) is 0 Å². The van der Waals surface area contributed by atoms with E-state index in [9.17, 15) is 4.39 Å². The van der Waals surface area contributed by atoms with Crippen molar-refractivity contribution in [1.82, 2.24) is 15.2 Å². The predicted octanol–water partition coefficient (Wildman–Crippen LogP) is 3.84. The van der Waals surface area contributed by atoms with Crippen LogP contribution < -0.4 is 10.2 Å². The molecule has 0 saturated heterocycles. The number of hydrogen-bond acceptors (Lipinski definition) is 5. The Hall–Kier alpha value is -3.02. The minimum atomic E-state index is -0.274. The quantitative estimate of drug-likeness (QED) is 0.794. The summed E-state index contributed by atoms with van der Waals surface area (Å²) in [6.45, 7) is 2.14. The molecule has 3 aromatic rings. The Balaban J connectivity index is 1.64. The molecule has 0 radical (unpaired) electrons. The summed E-state index contributed by atoms with van der Waals surface area (Å²) in [4.78, 5) is 6.66. The number of nitrogens with zero attached hydrogens (tertiary/aromatic N) is 4. The molecule has 0 amide bonds. The number of para-hydroxylation sites is 1. The van der Waals surface area contributed by atoms with Gasteiger partial charge >= 0.3 is 0 Å². The first-order valence-electron chi connectivity index (χ1n) is 7.80. The zero-order valence-electron chi connectivity index (χ0n) is 13.1. The number of rotatable bonds is 3.